The molecule has 5 atom stereocenters. The number of aliphatic hydroxyl groups is 3. The Labute approximate surface area is 185 Å². The Balaban J connectivity index is 0.00000166. The minimum atomic E-state index is -0.799. The molecule has 1 saturated heterocycles. The van der Waals surface area contributed by atoms with Gasteiger partial charge in [0.15, 0.2) is 5.78 Å². The lowest BCUT2D eigenvalue weighted by Gasteiger charge is -2.35. The molecule has 3 aliphatic rings. The number of carbonyl (C=O) groups excluding carboxylic acids is 2. The van der Waals surface area contributed by atoms with E-state index in [1.165, 1.54) is 0 Å². The Hall–Kier alpha value is -1.76. The first kappa shape index (κ1) is 25.5. The van der Waals surface area contributed by atoms with Gasteiger partial charge in [-0.05, 0) is 69.9 Å². The fourth-order valence-electron chi connectivity index (χ4n) is 5.36. The van der Waals surface area contributed by atoms with Gasteiger partial charge in [-0.25, -0.2) is 0 Å². The SMILES string of the molecule is C/C1=C\[C@H]2/C(=C(/C)CC[C@@]3(CO)C(=O)C=C(C(C)C)[C@@H]3CC1)OC(=O)[C@@H]2[C@H](C)O.CO. The van der Waals surface area contributed by atoms with Crippen molar-refractivity contribution in [2.24, 2.45) is 29.1 Å². The Morgan fingerprint density at radius 2 is 1.81 bits per heavy atom. The molecule has 0 amide bonds. The molecule has 31 heavy (non-hydrogen) atoms. The van der Waals surface area contributed by atoms with Crippen LogP contribution >= 0.6 is 0 Å². The monoisotopic (exact) mass is 434 g/mol. The third kappa shape index (κ3) is 4.71. The molecule has 0 aromatic heterocycles. The van der Waals surface area contributed by atoms with E-state index >= 15 is 0 Å². The zero-order chi connectivity index (χ0) is 23.5. The third-order valence-corrected chi connectivity index (χ3v) is 7.16. The molecule has 2 aliphatic carbocycles. The van der Waals surface area contributed by atoms with E-state index in [1.54, 1.807) is 13.0 Å². The van der Waals surface area contributed by atoms with E-state index < -0.39 is 23.4 Å². The number of rotatable bonds is 3. The summed E-state index contributed by atoms with van der Waals surface area (Å²) in [7, 11) is 1.00. The summed E-state index contributed by atoms with van der Waals surface area (Å²) in [6.07, 6.45) is 5.68. The van der Waals surface area contributed by atoms with Crippen LogP contribution in [-0.2, 0) is 14.3 Å². The van der Waals surface area contributed by atoms with Crippen LogP contribution in [0.3, 0.4) is 0 Å². The fraction of sp³-hybridized carbons (Fsp3) is 0.680. The summed E-state index contributed by atoms with van der Waals surface area (Å²) in [5.41, 5.74) is 2.36. The second-order valence-electron chi connectivity index (χ2n) is 9.44. The summed E-state index contributed by atoms with van der Waals surface area (Å²) in [5, 5.41) is 27.5. The van der Waals surface area contributed by atoms with Crippen molar-refractivity contribution < 1.29 is 29.6 Å². The van der Waals surface area contributed by atoms with Crippen LogP contribution in [-0.4, -0.2) is 46.9 Å². The highest BCUT2D eigenvalue weighted by Gasteiger charge is 2.50. The molecule has 0 radical (unpaired) electrons. The van der Waals surface area contributed by atoms with Crippen molar-refractivity contribution in [2.45, 2.75) is 66.4 Å². The van der Waals surface area contributed by atoms with Crippen molar-refractivity contribution in [1.82, 2.24) is 0 Å². The molecule has 3 N–H and O–H groups in total. The molecule has 0 bridgehead atoms. The largest absolute Gasteiger partial charge is 0.430 e. The lowest BCUT2D eigenvalue weighted by Crippen LogP contribution is -2.38. The average molecular weight is 435 g/mol. The van der Waals surface area contributed by atoms with Gasteiger partial charge in [0.1, 0.15) is 5.76 Å². The number of hydrogen-bond acceptors (Lipinski definition) is 6. The lowest BCUT2D eigenvalue weighted by atomic mass is 9.68. The molecule has 6 heteroatoms. The van der Waals surface area contributed by atoms with Gasteiger partial charge >= 0.3 is 5.97 Å². The predicted octanol–water partition coefficient (Wildman–Crippen LogP) is 3.32. The average Bonchev–Trinajstić information content (AvgIpc) is 3.19. The minimum absolute atomic E-state index is 0.0224. The van der Waals surface area contributed by atoms with Crippen LogP contribution < -0.4 is 0 Å². The van der Waals surface area contributed by atoms with Gasteiger partial charge in [0.05, 0.1) is 30.0 Å². The molecule has 6 nitrogen and oxygen atoms in total. The van der Waals surface area contributed by atoms with Crippen LogP contribution in [0.5, 0.6) is 0 Å². The molecular formula is C25H38O6. The van der Waals surface area contributed by atoms with Crippen molar-refractivity contribution in [3.8, 4) is 0 Å². The van der Waals surface area contributed by atoms with E-state index in [1.807, 2.05) is 13.8 Å². The van der Waals surface area contributed by atoms with Gasteiger partial charge in [0, 0.05) is 7.11 Å². The Kier molecular flexibility index (Phi) is 8.42. The number of esters is 1. The summed E-state index contributed by atoms with van der Waals surface area (Å²) < 4.78 is 5.61. The molecule has 174 valence electrons. The highest BCUT2D eigenvalue weighted by atomic mass is 16.5. The summed E-state index contributed by atoms with van der Waals surface area (Å²) in [6, 6.07) is 0. The fourth-order valence-corrected chi connectivity index (χ4v) is 5.36. The molecule has 0 aromatic rings. The summed E-state index contributed by atoms with van der Waals surface area (Å²) in [4.78, 5) is 25.5. The number of hydrogen-bond donors (Lipinski definition) is 3. The van der Waals surface area contributed by atoms with E-state index in [0.717, 1.165) is 36.7 Å². The molecule has 0 unspecified atom stereocenters. The van der Waals surface area contributed by atoms with Crippen molar-refractivity contribution in [3.05, 3.63) is 34.6 Å². The van der Waals surface area contributed by atoms with Crippen LogP contribution in [0.15, 0.2) is 34.6 Å². The van der Waals surface area contributed by atoms with Crippen molar-refractivity contribution in [2.75, 3.05) is 13.7 Å². The van der Waals surface area contributed by atoms with Gasteiger partial charge in [0.2, 0.25) is 0 Å². The standard InChI is InChI=1S/C24H34O5.CH4O/c1-13(2)17-11-20(27)24(12-25)9-8-15(4)22-18(10-14(3)6-7-19(17)24)21(16(5)26)23(28)29-22;1-2/h10-11,13,16,18-19,21,25-26H,6-9,12H2,1-5H3;2H,1H3/b14-10+,22-15+;/t16-,18+,19-,21+,24-;/m0./s1. The van der Waals surface area contributed by atoms with Crippen molar-refractivity contribution in [3.63, 3.8) is 0 Å². The van der Waals surface area contributed by atoms with Crippen LogP contribution in [0.2, 0.25) is 0 Å². The summed E-state index contributed by atoms with van der Waals surface area (Å²) in [5.74, 6) is -0.365. The number of carbonyl (C=O) groups is 2. The van der Waals surface area contributed by atoms with Gasteiger partial charge in [-0.3, -0.25) is 9.59 Å². The molecule has 0 spiro atoms. The van der Waals surface area contributed by atoms with Crippen LogP contribution in [0.25, 0.3) is 0 Å². The number of ketones is 1. The van der Waals surface area contributed by atoms with Gasteiger partial charge in [-0.1, -0.05) is 31.1 Å². The van der Waals surface area contributed by atoms with E-state index in [-0.39, 0.29) is 30.1 Å². The number of fused-ring (bicyclic) bond motifs is 2. The highest BCUT2D eigenvalue weighted by Crippen LogP contribution is 2.50. The zero-order valence-corrected chi connectivity index (χ0v) is 19.6. The Bertz CT molecular complexity index is 788. The first-order valence-electron chi connectivity index (χ1n) is 11.2. The molecule has 3 rings (SSSR count). The van der Waals surface area contributed by atoms with Crippen molar-refractivity contribution >= 4 is 11.8 Å². The lowest BCUT2D eigenvalue weighted by molar-refractivity contribution is -0.142. The van der Waals surface area contributed by atoms with Crippen molar-refractivity contribution in [1.29, 1.82) is 0 Å². The first-order valence-corrected chi connectivity index (χ1v) is 11.2. The van der Waals surface area contributed by atoms with Gasteiger partial charge in [0.25, 0.3) is 0 Å². The number of aliphatic hydroxyl groups excluding tert-OH is 3. The number of ether oxygens (including phenoxy) is 1. The molecule has 1 heterocycles. The van der Waals surface area contributed by atoms with Crippen LogP contribution in [0, 0.1) is 29.1 Å². The maximum Gasteiger partial charge on any atom is 0.317 e. The number of allylic oxidation sites excluding steroid dienone is 5. The minimum Gasteiger partial charge on any atom is -0.430 e. The van der Waals surface area contributed by atoms with Crippen LogP contribution in [0.1, 0.15) is 60.3 Å². The van der Waals surface area contributed by atoms with E-state index in [9.17, 15) is 19.8 Å². The zero-order valence-electron chi connectivity index (χ0n) is 19.6. The normalized spacial score (nSPS) is 36.3. The van der Waals surface area contributed by atoms with E-state index in [4.69, 9.17) is 9.84 Å². The third-order valence-electron chi connectivity index (χ3n) is 7.16. The second kappa shape index (κ2) is 10.2. The summed E-state index contributed by atoms with van der Waals surface area (Å²) >= 11 is 0. The Morgan fingerprint density at radius 3 is 2.35 bits per heavy atom. The van der Waals surface area contributed by atoms with Gasteiger partial charge in [-0.2, -0.15) is 0 Å². The van der Waals surface area contributed by atoms with Crippen LogP contribution in [0.4, 0.5) is 0 Å². The highest BCUT2D eigenvalue weighted by molar-refractivity contribution is 5.99. The smallest absolute Gasteiger partial charge is 0.317 e. The second-order valence-corrected chi connectivity index (χ2v) is 9.44. The summed E-state index contributed by atoms with van der Waals surface area (Å²) in [6.45, 7) is 9.62. The predicted molar refractivity (Wildman–Crippen MR) is 119 cm³/mol. The maximum atomic E-state index is 13.0. The molecule has 1 fully saturated rings. The van der Waals surface area contributed by atoms with E-state index in [0.29, 0.717) is 18.6 Å². The van der Waals surface area contributed by atoms with Gasteiger partial charge in [-0.15, -0.1) is 0 Å². The van der Waals surface area contributed by atoms with Gasteiger partial charge < -0.3 is 20.1 Å². The van der Waals surface area contributed by atoms with E-state index in [2.05, 4.69) is 19.9 Å². The Morgan fingerprint density at radius 1 is 1.16 bits per heavy atom. The maximum absolute atomic E-state index is 13.0. The topological polar surface area (TPSA) is 104 Å². The molecular weight excluding hydrogens is 396 g/mol. The first-order chi connectivity index (χ1) is 14.6. The molecule has 0 saturated carbocycles. The molecule has 0 aromatic carbocycles. The molecule has 1 aliphatic heterocycles. The quantitative estimate of drug-likeness (QED) is 0.465.